The maximum atomic E-state index is 12.4. The van der Waals surface area contributed by atoms with Gasteiger partial charge in [-0.05, 0) is 126 Å². The smallest absolute Gasteiger partial charge is 0.407 e. The molecule has 0 saturated carbocycles. The van der Waals surface area contributed by atoms with Gasteiger partial charge in [0.1, 0.15) is 11.2 Å². The van der Waals surface area contributed by atoms with Crippen molar-refractivity contribution in [2.45, 2.75) is 124 Å². The molecule has 0 saturated heterocycles. The fourth-order valence-electron chi connectivity index (χ4n) is 5.85. The number of amides is 2. The molecule has 3 rings (SSSR count). The van der Waals surface area contributed by atoms with E-state index in [0.717, 1.165) is 88.5 Å². The van der Waals surface area contributed by atoms with Crippen molar-refractivity contribution < 1.29 is 23.9 Å². The van der Waals surface area contributed by atoms with Crippen LogP contribution in [0.15, 0.2) is 42.5 Å². The van der Waals surface area contributed by atoms with Gasteiger partial charge in [-0.15, -0.1) is 0 Å². The third-order valence-corrected chi connectivity index (χ3v) is 8.15. The Kier molecular flexibility index (Phi) is 15.8. The number of Topliss-reactive ketones (excluding diaryl/α,β-unsaturated/α-hetero) is 1. The normalized spacial score (nSPS) is 11.9. The number of unbranched alkanes of at least 4 members (excludes halogenated alkanes) is 6. The Hall–Kier alpha value is -3.69. The summed E-state index contributed by atoms with van der Waals surface area (Å²) in [5, 5.41) is 17.8. The number of fused-ring (bicyclic) bond motifs is 2. The van der Waals surface area contributed by atoms with Crippen LogP contribution in [0.2, 0.25) is 0 Å². The van der Waals surface area contributed by atoms with Crippen LogP contribution in [-0.4, -0.2) is 55.4 Å². The van der Waals surface area contributed by atoms with Crippen LogP contribution in [0.4, 0.5) is 9.59 Å². The Morgan fingerprint density at radius 3 is 1.39 bits per heavy atom. The standard InChI is InChI=1S/C40H60N4O5/c1-29(45)30-20-21-33-34(26-30)36(28-42-23-15-9-11-17-25-44-38(47)49-40(5,6)7)32-19-13-12-18-31(32)35(33)27-41-22-14-8-10-16-24-43-37(46)48-39(2,3)4/h12-13,18-21,26,41-42H,8-11,14-17,22-25,27-28H2,1-7H3,(H,43,46)(H,44,47). The van der Waals surface area contributed by atoms with Crippen LogP contribution in [0.1, 0.15) is 121 Å². The lowest BCUT2D eigenvalue weighted by molar-refractivity contribution is 0.0515. The maximum absolute atomic E-state index is 12.4. The second-order valence-corrected chi connectivity index (χ2v) is 14.9. The molecule has 0 aliphatic rings. The van der Waals surface area contributed by atoms with Gasteiger partial charge in [-0.25, -0.2) is 9.59 Å². The van der Waals surface area contributed by atoms with Gasteiger partial charge in [-0.3, -0.25) is 4.79 Å². The van der Waals surface area contributed by atoms with E-state index >= 15 is 0 Å². The zero-order valence-electron chi connectivity index (χ0n) is 31.0. The number of hydrogen-bond donors (Lipinski definition) is 4. The van der Waals surface area contributed by atoms with Crippen LogP contribution in [0.3, 0.4) is 0 Å². The molecular weight excluding hydrogens is 616 g/mol. The topological polar surface area (TPSA) is 118 Å². The fourth-order valence-corrected chi connectivity index (χ4v) is 5.85. The molecule has 2 amide bonds. The first-order valence-electron chi connectivity index (χ1n) is 18.1. The van der Waals surface area contributed by atoms with Crippen LogP contribution >= 0.6 is 0 Å². The molecule has 0 aliphatic heterocycles. The highest BCUT2D eigenvalue weighted by Gasteiger charge is 2.17. The van der Waals surface area contributed by atoms with Gasteiger partial charge in [0.15, 0.2) is 5.78 Å². The van der Waals surface area contributed by atoms with Crippen molar-refractivity contribution in [1.29, 1.82) is 0 Å². The zero-order valence-corrected chi connectivity index (χ0v) is 31.0. The van der Waals surface area contributed by atoms with E-state index in [2.05, 4.69) is 57.7 Å². The van der Waals surface area contributed by atoms with Gasteiger partial charge < -0.3 is 30.7 Å². The Balaban J connectivity index is 1.54. The number of alkyl carbamates (subject to hydrolysis) is 2. The van der Waals surface area contributed by atoms with Crippen molar-refractivity contribution in [2.24, 2.45) is 0 Å². The minimum Gasteiger partial charge on any atom is -0.444 e. The molecule has 0 aliphatic carbocycles. The van der Waals surface area contributed by atoms with E-state index in [0.29, 0.717) is 13.1 Å². The molecule has 9 nitrogen and oxygen atoms in total. The third-order valence-electron chi connectivity index (χ3n) is 8.15. The lowest BCUT2D eigenvalue weighted by Crippen LogP contribution is -2.33. The molecule has 0 fully saturated rings. The van der Waals surface area contributed by atoms with Gasteiger partial charge in [0.25, 0.3) is 0 Å². The summed E-state index contributed by atoms with van der Waals surface area (Å²) in [7, 11) is 0. The van der Waals surface area contributed by atoms with Crippen molar-refractivity contribution in [2.75, 3.05) is 26.2 Å². The van der Waals surface area contributed by atoms with Crippen LogP contribution in [-0.2, 0) is 22.6 Å². The summed E-state index contributed by atoms with van der Waals surface area (Å²) in [5.74, 6) is 0.0658. The van der Waals surface area contributed by atoms with E-state index in [9.17, 15) is 14.4 Å². The van der Waals surface area contributed by atoms with E-state index in [1.165, 1.54) is 27.3 Å². The van der Waals surface area contributed by atoms with Crippen LogP contribution in [0, 0.1) is 0 Å². The van der Waals surface area contributed by atoms with Crippen LogP contribution < -0.4 is 21.3 Å². The number of benzene rings is 3. The molecule has 3 aromatic rings. The van der Waals surface area contributed by atoms with Gasteiger partial charge in [0, 0.05) is 31.7 Å². The molecule has 0 bridgehead atoms. The van der Waals surface area contributed by atoms with E-state index in [4.69, 9.17) is 9.47 Å². The minimum atomic E-state index is -0.483. The van der Waals surface area contributed by atoms with Crippen molar-refractivity contribution in [3.05, 3.63) is 59.2 Å². The molecular formula is C40H60N4O5. The van der Waals surface area contributed by atoms with Crippen LogP contribution in [0.5, 0.6) is 0 Å². The monoisotopic (exact) mass is 676 g/mol. The highest BCUT2D eigenvalue weighted by Crippen LogP contribution is 2.34. The number of nitrogens with one attached hydrogen (secondary N) is 4. The lowest BCUT2D eigenvalue weighted by atomic mass is 9.90. The maximum Gasteiger partial charge on any atom is 0.407 e. The number of carbonyl (C=O) groups excluding carboxylic acids is 3. The van der Waals surface area contributed by atoms with E-state index in [1.54, 1.807) is 6.92 Å². The summed E-state index contributed by atoms with van der Waals surface area (Å²) >= 11 is 0. The van der Waals surface area contributed by atoms with Gasteiger partial charge in [-0.2, -0.15) is 0 Å². The highest BCUT2D eigenvalue weighted by atomic mass is 16.6. The van der Waals surface area contributed by atoms with E-state index in [-0.39, 0.29) is 18.0 Å². The average molecular weight is 677 g/mol. The second kappa shape index (κ2) is 19.5. The first-order valence-corrected chi connectivity index (χ1v) is 18.1. The second-order valence-electron chi connectivity index (χ2n) is 14.9. The molecule has 4 N–H and O–H groups in total. The number of rotatable bonds is 19. The van der Waals surface area contributed by atoms with Crippen molar-refractivity contribution in [1.82, 2.24) is 21.3 Å². The van der Waals surface area contributed by atoms with Crippen molar-refractivity contribution >= 4 is 39.5 Å². The molecule has 0 atom stereocenters. The Morgan fingerprint density at radius 1 is 0.551 bits per heavy atom. The molecule has 270 valence electrons. The first kappa shape index (κ1) is 39.7. The van der Waals surface area contributed by atoms with Gasteiger partial charge in [-0.1, -0.05) is 62.1 Å². The molecule has 0 spiro atoms. The molecule has 0 heterocycles. The van der Waals surface area contributed by atoms with Crippen LogP contribution in [0.25, 0.3) is 21.5 Å². The Bertz CT molecular complexity index is 1520. The van der Waals surface area contributed by atoms with Crippen molar-refractivity contribution in [3.63, 3.8) is 0 Å². The van der Waals surface area contributed by atoms with E-state index in [1.807, 2.05) is 47.6 Å². The number of ether oxygens (including phenoxy) is 2. The summed E-state index contributed by atoms with van der Waals surface area (Å²) in [6.45, 7) is 17.3. The predicted molar refractivity (Wildman–Crippen MR) is 200 cm³/mol. The predicted octanol–water partition coefficient (Wildman–Crippen LogP) is 8.55. The van der Waals surface area contributed by atoms with E-state index < -0.39 is 11.2 Å². The third kappa shape index (κ3) is 14.4. The average Bonchev–Trinajstić information content (AvgIpc) is 3.01. The fraction of sp³-hybridized carbons (Fsp3) is 0.575. The summed E-state index contributed by atoms with van der Waals surface area (Å²) < 4.78 is 10.6. The summed E-state index contributed by atoms with van der Waals surface area (Å²) in [6, 6.07) is 14.7. The number of hydrogen-bond acceptors (Lipinski definition) is 7. The molecule has 0 aromatic heterocycles. The van der Waals surface area contributed by atoms with Gasteiger partial charge in [0.2, 0.25) is 0 Å². The zero-order chi connectivity index (χ0) is 35.9. The lowest BCUT2D eigenvalue weighted by Gasteiger charge is -2.19. The summed E-state index contributed by atoms with van der Waals surface area (Å²) in [4.78, 5) is 36.0. The largest absolute Gasteiger partial charge is 0.444 e. The first-order chi connectivity index (χ1) is 23.2. The minimum absolute atomic E-state index is 0.0658. The molecule has 9 heteroatoms. The SMILES string of the molecule is CC(=O)c1ccc2c(CNCCCCCCNC(=O)OC(C)(C)C)c3ccccc3c(CNCCCCCCNC(=O)OC(C)(C)C)c2c1. The quantitative estimate of drug-likeness (QED) is 0.0571. The summed E-state index contributed by atoms with van der Waals surface area (Å²) in [5.41, 5.74) is 2.24. The highest BCUT2D eigenvalue weighted by molar-refractivity contribution is 6.08. The number of carbonyl (C=O) groups is 3. The molecule has 0 radical (unpaired) electrons. The molecule has 0 unspecified atom stereocenters. The molecule has 3 aromatic carbocycles. The summed E-state index contributed by atoms with van der Waals surface area (Å²) in [6.07, 6.45) is 7.48. The van der Waals surface area contributed by atoms with Crippen molar-refractivity contribution in [3.8, 4) is 0 Å². The van der Waals surface area contributed by atoms with Gasteiger partial charge in [0.05, 0.1) is 0 Å². The van der Waals surface area contributed by atoms with Gasteiger partial charge >= 0.3 is 12.2 Å². The Labute approximate surface area is 293 Å². The Morgan fingerprint density at radius 2 is 0.959 bits per heavy atom. The molecule has 49 heavy (non-hydrogen) atoms. The number of ketones is 1.